The van der Waals surface area contributed by atoms with Gasteiger partial charge >= 0.3 is 0 Å². The highest BCUT2D eigenvalue weighted by Crippen LogP contribution is 2.32. The number of nitrogens with zero attached hydrogens (tertiary/aromatic N) is 1. The Morgan fingerprint density at radius 3 is 2.36 bits per heavy atom. The first-order valence-corrected chi connectivity index (χ1v) is 7.12. The van der Waals surface area contributed by atoms with Gasteiger partial charge in [-0.15, -0.1) is 0 Å². The lowest BCUT2D eigenvalue weighted by molar-refractivity contribution is 0.388. The summed E-state index contributed by atoms with van der Waals surface area (Å²) in [6.45, 7) is 0.517. The van der Waals surface area contributed by atoms with E-state index >= 15 is 0 Å². The van der Waals surface area contributed by atoms with Crippen LogP contribution in [0.3, 0.4) is 0 Å². The molecule has 0 bridgehead atoms. The summed E-state index contributed by atoms with van der Waals surface area (Å²) in [4.78, 5) is 0. The van der Waals surface area contributed by atoms with Crippen molar-refractivity contribution < 1.29 is 9.47 Å². The predicted octanol–water partition coefficient (Wildman–Crippen LogP) is 2.86. The van der Waals surface area contributed by atoms with E-state index in [1.54, 1.807) is 14.2 Å². The highest BCUT2D eigenvalue weighted by atomic mass is 16.5. The monoisotopic (exact) mass is 296 g/mol. The van der Waals surface area contributed by atoms with Crippen molar-refractivity contribution in [2.24, 2.45) is 5.73 Å². The van der Waals surface area contributed by atoms with Gasteiger partial charge in [0, 0.05) is 12.0 Å². The van der Waals surface area contributed by atoms with Crippen molar-refractivity contribution in [2.75, 3.05) is 20.8 Å². The fraction of sp³-hybridized carbons (Fsp3) is 0.278. The molecule has 0 amide bonds. The van der Waals surface area contributed by atoms with E-state index in [9.17, 15) is 0 Å². The lowest BCUT2D eigenvalue weighted by Gasteiger charge is -2.19. The van der Waals surface area contributed by atoms with Gasteiger partial charge in [0.05, 0.1) is 25.9 Å². The van der Waals surface area contributed by atoms with E-state index in [1.165, 1.54) is 0 Å². The molecule has 2 aromatic carbocycles. The smallest absolute Gasteiger partial charge is 0.126 e. The Labute approximate surface area is 131 Å². The zero-order valence-corrected chi connectivity index (χ0v) is 12.9. The molecule has 4 heteroatoms. The molecule has 0 saturated carbocycles. The molecule has 0 fully saturated rings. The summed E-state index contributed by atoms with van der Waals surface area (Å²) in [6, 6.07) is 15.5. The standard InChI is InChI=1S/C18H20N2O2/c1-21-16-7-8-17(18(10-16)22-2)15(12-20)9-13-3-5-14(11-19)6-4-13/h3-8,10,15H,9,12,20H2,1-2H3. The average molecular weight is 296 g/mol. The van der Waals surface area contributed by atoms with Crippen molar-refractivity contribution in [3.63, 3.8) is 0 Å². The molecule has 114 valence electrons. The molecule has 2 rings (SSSR count). The SMILES string of the molecule is COc1ccc(C(CN)Cc2ccc(C#N)cc2)c(OC)c1. The van der Waals surface area contributed by atoms with Crippen LogP contribution in [0.4, 0.5) is 0 Å². The molecule has 1 unspecified atom stereocenters. The molecule has 22 heavy (non-hydrogen) atoms. The van der Waals surface area contributed by atoms with Crippen LogP contribution in [0.1, 0.15) is 22.6 Å². The third kappa shape index (κ3) is 3.57. The summed E-state index contributed by atoms with van der Waals surface area (Å²) in [5.74, 6) is 1.69. The Morgan fingerprint density at radius 2 is 1.82 bits per heavy atom. The molecule has 2 aromatic rings. The normalized spacial score (nSPS) is 11.5. The molecule has 0 saturated heterocycles. The van der Waals surface area contributed by atoms with Crippen molar-refractivity contribution >= 4 is 0 Å². The lowest BCUT2D eigenvalue weighted by atomic mass is 9.91. The van der Waals surface area contributed by atoms with Crippen molar-refractivity contribution in [1.29, 1.82) is 5.26 Å². The van der Waals surface area contributed by atoms with Crippen molar-refractivity contribution in [3.05, 3.63) is 59.2 Å². The molecule has 0 aliphatic carbocycles. The van der Waals surface area contributed by atoms with Gasteiger partial charge in [-0.2, -0.15) is 5.26 Å². The van der Waals surface area contributed by atoms with E-state index in [0.717, 1.165) is 29.0 Å². The minimum atomic E-state index is 0.147. The number of ether oxygens (including phenoxy) is 2. The van der Waals surface area contributed by atoms with Gasteiger partial charge in [0.1, 0.15) is 11.5 Å². The number of nitrogens with two attached hydrogens (primary N) is 1. The van der Waals surface area contributed by atoms with Gasteiger partial charge in [0.15, 0.2) is 0 Å². The van der Waals surface area contributed by atoms with Crippen LogP contribution in [0.2, 0.25) is 0 Å². The summed E-state index contributed by atoms with van der Waals surface area (Å²) in [6.07, 6.45) is 0.797. The van der Waals surface area contributed by atoms with E-state index in [0.29, 0.717) is 12.1 Å². The van der Waals surface area contributed by atoms with Crippen molar-refractivity contribution in [1.82, 2.24) is 0 Å². The quantitative estimate of drug-likeness (QED) is 0.890. The summed E-state index contributed by atoms with van der Waals surface area (Å²) in [7, 11) is 3.28. The predicted molar refractivity (Wildman–Crippen MR) is 86.2 cm³/mol. The van der Waals surface area contributed by atoms with Gasteiger partial charge < -0.3 is 15.2 Å². The van der Waals surface area contributed by atoms with Crippen LogP contribution in [0.15, 0.2) is 42.5 Å². The van der Waals surface area contributed by atoms with Crippen LogP contribution in [-0.4, -0.2) is 20.8 Å². The zero-order chi connectivity index (χ0) is 15.9. The van der Waals surface area contributed by atoms with E-state index in [2.05, 4.69) is 6.07 Å². The molecule has 0 heterocycles. The average Bonchev–Trinajstić information content (AvgIpc) is 2.59. The minimum absolute atomic E-state index is 0.147. The number of methoxy groups -OCH3 is 2. The largest absolute Gasteiger partial charge is 0.497 e. The second-order valence-corrected chi connectivity index (χ2v) is 5.05. The van der Waals surface area contributed by atoms with Gasteiger partial charge in [-0.1, -0.05) is 18.2 Å². The number of hydrogen-bond acceptors (Lipinski definition) is 4. The van der Waals surface area contributed by atoms with Gasteiger partial charge in [-0.05, 0) is 42.3 Å². The van der Waals surface area contributed by atoms with Crippen LogP contribution in [0.25, 0.3) is 0 Å². The number of hydrogen-bond donors (Lipinski definition) is 1. The molecule has 0 radical (unpaired) electrons. The Bertz CT molecular complexity index is 660. The summed E-state index contributed by atoms with van der Waals surface area (Å²) < 4.78 is 10.7. The molecular weight excluding hydrogens is 276 g/mol. The molecule has 4 nitrogen and oxygen atoms in total. The highest BCUT2D eigenvalue weighted by Gasteiger charge is 2.16. The topological polar surface area (TPSA) is 68.3 Å². The van der Waals surface area contributed by atoms with Crippen LogP contribution in [-0.2, 0) is 6.42 Å². The first-order chi connectivity index (χ1) is 10.7. The maximum Gasteiger partial charge on any atom is 0.126 e. The lowest BCUT2D eigenvalue weighted by Crippen LogP contribution is -2.16. The van der Waals surface area contributed by atoms with Gasteiger partial charge in [0.25, 0.3) is 0 Å². The molecular formula is C18H20N2O2. The molecule has 2 N–H and O–H groups in total. The van der Waals surface area contributed by atoms with Crippen LogP contribution in [0.5, 0.6) is 11.5 Å². The molecule has 0 aliphatic rings. The fourth-order valence-corrected chi connectivity index (χ4v) is 2.48. The Morgan fingerprint density at radius 1 is 1.09 bits per heavy atom. The third-order valence-electron chi connectivity index (χ3n) is 3.73. The van der Waals surface area contributed by atoms with Crippen LogP contribution in [0, 0.1) is 11.3 Å². The van der Waals surface area contributed by atoms with Gasteiger partial charge in [-0.25, -0.2) is 0 Å². The number of benzene rings is 2. The third-order valence-corrected chi connectivity index (χ3v) is 3.73. The second-order valence-electron chi connectivity index (χ2n) is 5.05. The summed E-state index contributed by atoms with van der Waals surface area (Å²) in [5, 5.41) is 8.85. The first-order valence-electron chi connectivity index (χ1n) is 7.12. The van der Waals surface area contributed by atoms with Crippen molar-refractivity contribution in [3.8, 4) is 17.6 Å². The number of nitriles is 1. The minimum Gasteiger partial charge on any atom is -0.497 e. The molecule has 0 aliphatic heterocycles. The Hall–Kier alpha value is -2.51. The van der Waals surface area contributed by atoms with Crippen molar-refractivity contribution in [2.45, 2.75) is 12.3 Å². The summed E-state index contributed by atoms with van der Waals surface area (Å²) in [5.41, 5.74) is 8.84. The van der Waals surface area contributed by atoms with Gasteiger partial charge in [0.2, 0.25) is 0 Å². The Balaban J connectivity index is 2.25. The van der Waals surface area contributed by atoms with Crippen LogP contribution >= 0.6 is 0 Å². The highest BCUT2D eigenvalue weighted by molar-refractivity contribution is 5.44. The molecule has 1 atom stereocenters. The fourth-order valence-electron chi connectivity index (χ4n) is 2.48. The Kier molecular flexibility index (Phi) is 5.40. The van der Waals surface area contributed by atoms with E-state index < -0.39 is 0 Å². The maximum atomic E-state index is 8.85. The molecule has 0 spiro atoms. The van der Waals surface area contributed by atoms with E-state index in [-0.39, 0.29) is 5.92 Å². The van der Waals surface area contributed by atoms with E-state index in [1.807, 2.05) is 42.5 Å². The first kappa shape index (κ1) is 15.9. The zero-order valence-electron chi connectivity index (χ0n) is 12.9. The van der Waals surface area contributed by atoms with Gasteiger partial charge in [-0.3, -0.25) is 0 Å². The maximum absolute atomic E-state index is 8.85. The molecule has 0 aromatic heterocycles. The van der Waals surface area contributed by atoms with Crippen LogP contribution < -0.4 is 15.2 Å². The van der Waals surface area contributed by atoms with E-state index in [4.69, 9.17) is 20.5 Å². The summed E-state index contributed by atoms with van der Waals surface area (Å²) >= 11 is 0. The second kappa shape index (κ2) is 7.48. The number of rotatable bonds is 6.